The first-order valence-corrected chi connectivity index (χ1v) is 9.67. The fraction of sp³-hybridized carbons (Fsp3) is 0.318. The largest absolute Gasteiger partial charge is 0.465 e. The van der Waals surface area contributed by atoms with Gasteiger partial charge in [-0.2, -0.15) is 0 Å². The van der Waals surface area contributed by atoms with E-state index in [4.69, 9.17) is 4.74 Å². The van der Waals surface area contributed by atoms with Gasteiger partial charge in [0.05, 0.1) is 6.61 Å². The van der Waals surface area contributed by atoms with Crippen LogP contribution in [0.15, 0.2) is 48.5 Å². The van der Waals surface area contributed by atoms with Crippen LogP contribution in [0.25, 0.3) is 0 Å². The second kappa shape index (κ2) is 9.23. The number of hydrogen-bond acceptors (Lipinski definition) is 4. The number of carbonyl (C=O) groups excluding carboxylic acids is 3. The van der Waals surface area contributed by atoms with Crippen molar-refractivity contribution in [3.05, 3.63) is 65.2 Å². The third-order valence-electron chi connectivity index (χ3n) is 4.76. The monoisotopic (exact) mass is 395 g/mol. The Kier molecular flexibility index (Phi) is 6.49. The molecular formula is C22H25N3O4. The Bertz CT molecular complexity index is 898. The minimum atomic E-state index is -0.482. The Morgan fingerprint density at radius 2 is 1.86 bits per heavy atom. The molecule has 0 fully saturated rings. The van der Waals surface area contributed by atoms with Crippen molar-refractivity contribution in [2.24, 2.45) is 0 Å². The summed E-state index contributed by atoms with van der Waals surface area (Å²) in [6, 6.07) is 14.7. The first-order chi connectivity index (χ1) is 14.0. The van der Waals surface area contributed by atoms with Gasteiger partial charge in [0.2, 0.25) is 0 Å². The summed E-state index contributed by atoms with van der Waals surface area (Å²) < 4.78 is 4.77. The highest BCUT2D eigenvalue weighted by molar-refractivity contribution is 6.07. The van der Waals surface area contributed by atoms with Gasteiger partial charge in [-0.15, -0.1) is 0 Å². The van der Waals surface area contributed by atoms with Gasteiger partial charge in [0.1, 0.15) is 6.54 Å². The van der Waals surface area contributed by atoms with Gasteiger partial charge in [0.15, 0.2) is 0 Å². The van der Waals surface area contributed by atoms with Gasteiger partial charge in [0.25, 0.3) is 5.91 Å². The molecule has 152 valence electrons. The van der Waals surface area contributed by atoms with Crippen LogP contribution in [-0.2, 0) is 22.5 Å². The van der Waals surface area contributed by atoms with Crippen LogP contribution in [0.2, 0.25) is 0 Å². The molecule has 1 aliphatic heterocycles. The molecule has 7 heteroatoms. The molecule has 2 aromatic carbocycles. The minimum Gasteiger partial charge on any atom is -0.465 e. The van der Waals surface area contributed by atoms with Crippen molar-refractivity contribution >= 4 is 23.6 Å². The van der Waals surface area contributed by atoms with Crippen molar-refractivity contribution in [1.29, 1.82) is 0 Å². The summed E-state index contributed by atoms with van der Waals surface area (Å²) in [5.41, 5.74) is 3.50. The number of hydrogen-bond donors (Lipinski definition) is 2. The lowest BCUT2D eigenvalue weighted by molar-refractivity contribution is -0.141. The number of esters is 1. The summed E-state index contributed by atoms with van der Waals surface area (Å²) >= 11 is 0. The first kappa shape index (κ1) is 20.4. The van der Waals surface area contributed by atoms with E-state index in [0.717, 1.165) is 23.2 Å². The summed E-state index contributed by atoms with van der Waals surface area (Å²) in [6.45, 7) is 4.11. The summed E-state index contributed by atoms with van der Waals surface area (Å²) in [5.74, 6) is -0.515. The maximum Gasteiger partial charge on any atom is 0.325 e. The van der Waals surface area contributed by atoms with Crippen LogP contribution in [0, 0.1) is 0 Å². The number of fused-ring (bicyclic) bond motifs is 1. The summed E-state index contributed by atoms with van der Waals surface area (Å²) in [4.78, 5) is 38.0. The smallest absolute Gasteiger partial charge is 0.325 e. The molecule has 0 spiro atoms. The molecule has 0 bridgehead atoms. The molecule has 0 radical (unpaired) electrons. The maximum absolute atomic E-state index is 13.0. The number of amides is 3. The second-order valence-electron chi connectivity index (χ2n) is 6.90. The lowest BCUT2D eigenvalue weighted by Gasteiger charge is -2.23. The maximum atomic E-state index is 13.0. The quantitative estimate of drug-likeness (QED) is 0.736. The topological polar surface area (TPSA) is 87.7 Å². The van der Waals surface area contributed by atoms with Gasteiger partial charge in [-0.25, -0.2) is 4.79 Å². The number of carbonyl (C=O) groups is 3. The fourth-order valence-electron chi connectivity index (χ4n) is 3.40. The van der Waals surface area contributed by atoms with Gasteiger partial charge in [-0.3, -0.25) is 9.59 Å². The van der Waals surface area contributed by atoms with Crippen molar-refractivity contribution in [2.45, 2.75) is 32.9 Å². The zero-order chi connectivity index (χ0) is 20.8. The van der Waals surface area contributed by atoms with Gasteiger partial charge in [-0.05, 0) is 49.6 Å². The van der Waals surface area contributed by atoms with Gasteiger partial charge >= 0.3 is 12.0 Å². The minimum absolute atomic E-state index is 0.0332. The van der Waals surface area contributed by atoms with Crippen molar-refractivity contribution < 1.29 is 19.1 Å². The fourth-order valence-corrected chi connectivity index (χ4v) is 3.40. The molecule has 0 unspecified atom stereocenters. The molecule has 3 amide bonds. The highest BCUT2D eigenvalue weighted by Crippen LogP contribution is 2.34. The SMILES string of the molecule is CCOC(=O)CNC(=O)NCc1ccc2c(c1)N(C(=O)c1ccccc1)[C@H](C)C2. The Hall–Kier alpha value is -3.35. The van der Waals surface area contributed by atoms with Crippen molar-refractivity contribution in [1.82, 2.24) is 10.6 Å². The van der Waals surface area contributed by atoms with Crippen LogP contribution in [0.5, 0.6) is 0 Å². The standard InChI is InChI=1S/C22H25N3O4/c1-3-29-20(26)14-24-22(28)23-13-16-9-10-18-11-15(2)25(19(18)12-16)21(27)17-7-5-4-6-8-17/h4-10,12,15H,3,11,13-14H2,1-2H3,(H2,23,24,28)/t15-/m1/s1. The molecule has 2 aromatic rings. The van der Waals surface area contributed by atoms with E-state index in [0.29, 0.717) is 5.56 Å². The highest BCUT2D eigenvalue weighted by Gasteiger charge is 2.31. The molecule has 0 aromatic heterocycles. The van der Waals surface area contributed by atoms with Crippen molar-refractivity contribution in [3.63, 3.8) is 0 Å². The molecule has 1 aliphatic rings. The molecule has 0 aliphatic carbocycles. The lowest BCUT2D eigenvalue weighted by atomic mass is 10.1. The van der Waals surface area contributed by atoms with Crippen LogP contribution >= 0.6 is 0 Å². The van der Waals surface area contributed by atoms with Crippen molar-refractivity contribution in [3.8, 4) is 0 Å². The predicted molar refractivity (Wildman–Crippen MR) is 110 cm³/mol. The average Bonchev–Trinajstić information content (AvgIpc) is 3.06. The zero-order valence-electron chi connectivity index (χ0n) is 16.6. The molecule has 3 rings (SSSR count). The number of nitrogens with zero attached hydrogens (tertiary/aromatic N) is 1. The van der Waals surface area contributed by atoms with E-state index in [1.165, 1.54) is 0 Å². The molecule has 29 heavy (non-hydrogen) atoms. The first-order valence-electron chi connectivity index (χ1n) is 9.67. The molecule has 7 nitrogen and oxygen atoms in total. The van der Waals surface area contributed by atoms with Crippen LogP contribution in [0.3, 0.4) is 0 Å². The van der Waals surface area contributed by atoms with E-state index in [-0.39, 0.29) is 31.6 Å². The van der Waals surface area contributed by atoms with Crippen LogP contribution in [0.1, 0.15) is 35.3 Å². The van der Waals surface area contributed by atoms with E-state index in [1.807, 2.05) is 60.4 Å². The number of urea groups is 1. The Morgan fingerprint density at radius 3 is 2.59 bits per heavy atom. The van der Waals surface area contributed by atoms with E-state index in [2.05, 4.69) is 10.6 Å². The van der Waals surface area contributed by atoms with E-state index >= 15 is 0 Å². The third-order valence-corrected chi connectivity index (χ3v) is 4.76. The van der Waals surface area contributed by atoms with Crippen LogP contribution < -0.4 is 15.5 Å². The lowest BCUT2D eigenvalue weighted by Crippen LogP contribution is -2.38. The number of ether oxygens (including phenoxy) is 1. The Labute approximate surface area is 170 Å². The van der Waals surface area contributed by atoms with E-state index < -0.39 is 12.0 Å². The molecular weight excluding hydrogens is 370 g/mol. The van der Waals surface area contributed by atoms with Crippen molar-refractivity contribution in [2.75, 3.05) is 18.1 Å². The van der Waals surface area contributed by atoms with Crippen LogP contribution in [0.4, 0.5) is 10.5 Å². The molecule has 1 heterocycles. The van der Waals surface area contributed by atoms with E-state index in [1.54, 1.807) is 6.92 Å². The number of anilines is 1. The van der Waals surface area contributed by atoms with Gasteiger partial charge in [0, 0.05) is 23.8 Å². The summed E-state index contributed by atoms with van der Waals surface area (Å²) in [6.07, 6.45) is 0.793. The summed E-state index contributed by atoms with van der Waals surface area (Å²) in [7, 11) is 0. The number of benzene rings is 2. The average molecular weight is 395 g/mol. The highest BCUT2D eigenvalue weighted by atomic mass is 16.5. The van der Waals surface area contributed by atoms with Gasteiger partial charge < -0.3 is 20.3 Å². The summed E-state index contributed by atoms with van der Waals surface area (Å²) in [5, 5.41) is 5.17. The molecule has 2 N–H and O–H groups in total. The number of nitrogens with one attached hydrogen (secondary N) is 2. The molecule has 0 saturated heterocycles. The zero-order valence-corrected chi connectivity index (χ0v) is 16.6. The number of rotatable bonds is 6. The van der Waals surface area contributed by atoms with E-state index in [9.17, 15) is 14.4 Å². The molecule has 0 saturated carbocycles. The van der Waals surface area contributed by atoms with Crippen LogP contribution in [-0.4, -0.2) is 37.1 Å². The predicted octanol–water partition coefficient (Wildman–Crippen LogP) is 2.64. The second-order valence-corrected chi connectivity index (χ2v) is 6.90. The normalized spacial score (nSPS) is 14.8. The Balaban J connectivity index is 1.66. The molecule has 1 atom stereocenters. The Morgan fingerprint density at radius 1 is 1.10 bits per heavy atom. The van der Waals surface area contributed by atoms with Gasteiger partial charge in [-0.1, -0.05) is 30.3 Å². The third kappa shape index (κ3) is 4.93.